The number of hydrogen-bond donors (Lipinski definition) is 0. The lowest BCUT2D eigenvalue weighted by Crippen LogP contribution is -2.16. The molecule has 2 heterocycles. The molecule has 0 N–H and O–H groups in total. The number of fused-ring (bicyclic) bond motifs is 1. The highest BCUT2D eigenvalue weighted by molar-refractivity contribution is 7.17. The molecular formula is C13H9FN2OS. The zero-order chi connectivity index (χ0) is 12.7. The van der Waals surface area contributed by atoms with E-state index in [0.717, 1.165) is 11.1 Å². The predicted octanol–water partition coefficient (Wildman–Crippen LogP) is 2.80. The largest absolute Gasteiger partial charge is 0.302 e. The number of nitrogens with zero attached hydrogens (tertiary/aromatic N) is 2. The van der Waals surface area contributed by atoms with Gasteiger partial charge in [-0.15, -0.1) is 11.3 Å². The van der Waals surface area contributed by atoms with Gasteiger partial charge in [-0.2, -0.15) is 0 Å². The number of halogens is 1. The third kappa shape index (κ3) is 1.64. The van der Waals surface area contributed by atoms with Gasteiger partial charge in [0.05, 0.1) is 11.7 Å². The van der Waals surface area contributed by atoms with Gasteiger partial charge in [-0.1, -0.05) is 12.1 Å². The fourth-order valence-electron chi connectivity index (χ4n) is 1.86. The molecule has 5 heteroatoms. The Morgan fingerprint density at radius 1 is 1.28 bits per heavy atom. The fraction of sp³-hybridized carbons (Fsp3) is 0.0769. The summed E-state index contributed by atoms with van der Waals surface area (Å²) in [5.74, 6) is -0.288. The molecule has 0 unspecified atom stereocenters. The molecular weight excluding hydrogens is 251 g/mol. The molecule has 90 valence electrons. The quantitative estimate of drug-likeness (QED) is 0.674. The molecule has 0 radical (unpaired) electrons. The van der Waals surface area contributed by atoms with Crippen molar-refractivity contribution in [3.05, 3.63) is 52.1 Å². The molecule has 18 heavy (non-hydrogen) atoms. The van der Waals surface area contributed by atoms with Crippen molar-refractivity contribution in [3.63, 3.8) is 0 Å². The van der Waals surface area contributed by atoms with Gasteiger partial charge < -0.3 is 4.57 Å². The van der Waals surface area contributed by atoms with Crippen molar-refractivity contribution in [3.8, 4) is 11.1 Å². The number of rotatable bonds is 1. The number of aryl methyl sites for hydroxylation is 1. The van der Waals surface area contributed by atoms with Gasteiger partial charge in [0.1, 0.15) is 10.6 Å². The summed E-state index contributed by atoms with van der Waals surface area (Å²) in [7, 11) is 1.67. The molecule has 2 aromatic heterocycles. The first-order valence-electron chi connectivity index (χ1n) is 5.35. The maximum Gasteiger partial charge on any atom is 0.262 e. The van der Waals surface area contributed by atoms with Crippen LogP contribution in [0, 0.1) is 5.82 Å². The van der Waals surface area contributed by atoms with E-state index in [2.05, 4.69) is 4.98 Å². The van der Waals surface area contributed by atoms with Crippen LogP contribution in [0.1, 0.15) is 0 Å². The van der Waals surface area contributed by atoms with Gasteiger partial charge in [-0.05, 0) is 17.7 Å². The number of hydrogen-bond acceptors (Lipinski definition) is 3. The van der Waals surface area contributed by atoms with Crippen LogP contribution in [0.4, 0.5) is 4.39 Å². The highest BCUT2D eigenvalue weighted by Gasteiger charge is 2.11. The van der Waals surface area contributed by atoms with Gasteiger partial charge in [0.2, 0.25) is 0 Å². The Morgan fingerprint density at radius 3 is 2.72 bits per heavy atom. The highest BCUT2D eigenvalue weighted by atomic mass is 32.1. The molecule has 0 spiro atoms. The van der Waals surface area contributed by atoms with Crippen molar-refractivity contribution in [2.75, 3.05) is 0 Å². The lowest BCUT2D eigenvalue weighted by molar-refractivity contribution is 0.628. The van der Waals surface area contributed by atoms with Crippen LogP contribution < -0.4 is 5.56 Å². The maximum atomic E-state index is 12.9. The first-order chi connectivity index (χ1) is 8.66. The number of aromatic nitrogens is 2. The van der Waals surface area contributed by atoms with E-state index in [4.69, 9.17) is 0 Å². The molecule has 3 rings (SSSR count). The van der Waals surface area contributed by atoms with E-state index in [1.165, 1.54) is 34.4 Å². The van der Waals surface area contributed by atoms with Gasteiger partial charge in [0, 0.05) is 18.0 Å². The minimum absolute atomic E-state index is 0.0828. The third-order valence-corrected chi connectivity index (χ3v) is 3.70. The molecule has 0 aliphatic carbocycles. The fourth-order valence-corrected chi connectivity index (χ4v) is 2.77. The summed E-state index contributed by atoms with van der Waals surface area (Å²) in [4.78, 5) is 17.0. The van der Waals surface area contributed by atoms with Crippen molar-refractivity contribution in [1.82, 2.24) is 9.55 Å². The third-order valence-electron chi connectivity index (χ3n) is 2.81. The summed E-state index contributed by atoms with van der Waals surface area (Å²) in [5.41, 5.74) is 1.55. The first kappa shape index (κ1) is 11.1. The predicted molar refractivity (Wildman–Crippen MR) is 70.3 cm³/mol. The summed E-state index contributed by atoms with van der Waals surface area (Å²) in [6, 6.07) is 6.12. The van der Waals surface area contributed by atoms with E-state index in [9.17, 15) is 9.18 Å². The lowest BCUT2D eigenvalue weighted by atomic mass is 10.1. The normalized spacial score (nSPS) is 11.0. The molecule has 0 bridgehead atoms. The van der Waals surface area contributed by atoms with E-state index in [1.54, 1.807) is 19.2 Å². The minimum Gasteiger partial charge on any atom is -0.302 e. The van der Waals surface area contributed by atoms with E-state index < -0.39 is 0 Å². The topological polar surface area (TPSA) is 34.9 Å². The number of thiophene rings is 1. The Balaban J connectivity index is 2.33. The second-order valence-electron chi connectivity index (χ2n) is 4.00. The second kappa shape index (κ2) is 4.03. The van der Waals surface area contributed by atoms with Gasteiger partial charge in [-0.25, -0.2) is 9.37 Å². The standard InChI is InChI=1S/C13H9FN2OS/c1-16-7-15-12-11(13(16)17)10(6-18-12)8-2-4-9(14)5-3-8/h2-7H,1H3. The minimum atomic E-state index is -0.288. The SMILES string of the molecule is Cn1cnc2scc(-c3ccc(F)cc3)c2c1=O. The van der Waals surface area contributed by atoms with Crippen molar-refractivity contribution >= 4 is 21.6 Å². The Hall–Kier alpha value is -2.01. The molecule has 1 aromatic carbocycles. The average Bonchev–Trinajstić information content (AvgIpc) is 2.79. The van der Waals surface area contributed by atoms with Crippen LogP contribution in [-0.2, 0) is 7.05 Å². The zero-order valence-electron chi connectivity index (χ0n) is 9.55. The van der Waals surface area contributed by atoms with Crippen molar-refractivity contribution < 1.29 is 4.39 Å². The molecule has 0 atom stereocenters. The molecule has 0 aliphatic heterocycles. The van der Waals surface area contributed by atoms with Crippen molar-refractivity contribution in [1.29, 1.82) is 0 Å². The first-order valence-corrected chi connectivity index (χ1v) is 6.23. The average molecular weight is 260 g/mol. The molecule has 3 nitrogen and oxygen atoms in total. The van der Waals surface area contributed by atoms with E-state index in [0.29, 0.717) is 10.2 Å². The van der Waals surface area contributed by atoms with Crippen LogP contribution >= 0.6 is 11.3 Å². The summed E-state index contributed by atoms with van der Waals surface area (Å²) in [6.07, 6.45) is 1.51. The summed E-state index contributed by atoms with van der Waals surface area (Å²) in [6.45, 7) is 0. The molecule has 3 aromatic rings. The summed E-state index contributed by atoms with van der Waals surface area (Å²) < 4.78 is 14.4. The zero-order valence-corrected chi connectivity index (χ0v) is 10.4. The van der Waals surface area contributed by atoms with Crippen LogP contribution in [0.15, 0.2) is 40.8 Å². The Kier molecular flexibility index (Phi) is 2.48. The second-order valence-corrected chi connectivity index (χ2v) is 4.86. The number of benzene rings is 1. The van der Waals surface area contributed by atoms with Gasteiger partial charge in [0.15, 0.2) is 0 Å². The van der Waals surface area contributed by atoms with Gasteiger partial charge in [0.25, 0.3) is 5.56 Å². The van der Waals surface area contributed by atoms with E-state index in [-0.39, 0.29) is 11.4 Å². The van der Waals surface area contributed by atoms with Gasteiger partial charge in [-0.3, -0.25) is 4.79 Å². The molecule has 0 saturated carbocycles. The summed E-state index contributed by atoms with van der Waals surface area (Å²) >= 11 is 1.42. The van der Waals surface area contributed by atoms with Gasteiger partial charge >= 0.3 is 0 Å². The molecule has 0 amide bonds. The van der Waals surface area contributed by atoms with Crippen LogP contribution in [0.5, 0.6) is 0 Å². The van der Waals surface area contributed by atoms with Crippen LogP contribution in [0.3, 0.4) is 0 Å². The molecule has 0 fully saturated rings. The smallest absolute Gasteiger partial charge is 0.262 e. The van der Waals surface area contributed by atoms with Crippen LogP contribution in [0.25, 0.3) is 21.3 Å². The highest BCUT2D eigenvalue weighted by Crippen LogP contribution is 2.30. The Bertz CT molecular complexity index is 774. The Labute approximate surface area is 106 Å². The Morgan fingerprint density at radius 2 is 2.00 bits per heavy atom. The maximum absolute atomic E-state index is 12.9. The van der Waals surface area contributed by atoms with Crippen molar-refractivity contribution in [2.24, 2.45) is 7.05 Å². The van der Waals surface area contributed by atoms with Crippen molar-refractivity contribution in [2.45, 2.75) is 0 Å². The van der Waals surface area contributed by atoms with E-state index >= 15 is 0 Å². The van der Waals surface area contributed by atoms with E-state index in [1.807, 2.05) is 5.38 Å². The molecule has 0 aliphatic rings. The monoisotopic (exact) mass is 260 g/mol. The van der Waals surface area contributed by atoms with Crippen LogP contribution in [0.2, 0.25) is 0 Å². The van der Waals surface area contributed by atoms with Crippen LogP contribution in [-0.4, -0.2) is 9.55 Å². The molecule has 0 saturated heterocycles. The summed E-state index contributed by atoms with van der Waals surface area (Å²) in [5, 5.41) is 2.48. The lowest BCUT2D eigenvalue weighted by Gasteiger charge is -2.00.